The van der Waals surface area contributed by atoms with Crippen molar-refractivity contribution < 1.29 is 39.3 Å². The summed E-state index contributed by atoms with van der Waals surface area (Å²) in [6.07, 6.45) is 2.64. The van der Waals surface area contributed by atoms with Crippen molar-refractivity contribution in [3.05, 3.63) is 11.8 Å². The predicted octanol–water partition coefficient (Wildman–Crippen LogP) is -0.470. The quantitative estimate of drug-likeness (QED) is 0.0764. The number of rotatable bonds is 16. The molecule has 0 saturated heterocycles. The van der Waals surface area contributed by atoms with Crippen LogP contribution in [-0.2, 0) is 24.0 Å². The Bertz CT molecular complexity index is 671. The number of aliphatic carboxylic acids is 2. The van der Waals surface area contributed by atoms with Crippen LogP contribution in [0.4, 0.5) is 0 Å². The van der Waals surface area contributed by atoms with Crippen LogP contribution in [0, 0.1) is 0 Å². The van der Waals surface area contributed by atoms with Crippen LogP contribution >= 0.6 is 12.6 Å². The van der Waals surface area contributed by atoms with E-state index in [0.717, 1.165) is 18.9 Å². The molecule has 0 aliphatic rings. The van der Waals surface area contributed by atoms with Gasteiger partial charge in [0.1, 0.15) is 18.6 Å². The summed E-state index contributed by atoms with van der Waals surface area (Å²) in [6, 6.07) is -2.53. The third kappa shape index (κ3) is 11.5. The Morgan fingerprint density at radius 2 is 1.81 bits per heavy atom. The van der Waals surface area contributed by atoms with Gasteiger partial charge in [-0.3, -0.25) is 28.9 Å². The molecule has 11 nitrogen and oxygen atoms in total. The normalized spacial score (nSPS) is 14.3. The number of allylic oxidation sites excluding steroid dienone is 1. The van der Waals surface area contributed by atoms with E-state index in [-0.39, 0.29) is 30.6 Å². The Kier molecular flexibility index (Phi) is 14.2. The van der Waals surface area contributed by atoms with E-state index in [4.69, 9.17) is 15.9 Å². The molecule has 2 amide bonds. The van der Waals surface area contributed by atoms with Crippen LogP contribution in [0.1, 0.15) is 45.4 Å². The SMILES string of the molecule is CCCCCC(O)C=C(C=O)N(CC(=O)O)C(=O)C(CS)NC(=O)CCC(N)C(=O)O. The monoisotopic (exact) mass is 461 g/mol. The minimum Gasteiger partial charge on any atom is -0.480 e. The van der Waals surface area contributed by atoms with Crippen molar-refractivity contribution in [3.63, 3.8) is 0 Å². The van der Waals surface area contributed by atoms with Crippen LogP contribution in [0.2, 0.25) is 0 Å². The second-order valence-corrected chi connectivity index (χ2v) is 7.24. The Morgan fingerprint density at radius 3 is 2.29 bits per heavy atom. The fourth-order valence-corrected chi connectivity index (χ4v) is 2.81. The highest BCUT2D eigenvalue weighted by atomic mass is 32.1. The fraction of sp³-hybridized carbons (Fsp3) is 0.632. The van der Waals surface area contributed by atoms with Crippen LogP contribution in [0.15, 0.2) is 11.8 Å². The molecule has 0 spiro atoms. The lowest BCUT2D eigenvalue weighted by atomic mass is 10.1. The molecule has 176 valence electrons. The largest absolute Gasteiger partial charge is 0.480 e. The number of aliphatic hydroxyl groups is 1. The summed E-state index contributed by atoms with van der Waals surface area (Å²) in [5.74, 6) is -4.49. The average molecular weight is 462 g/mol. The number of amides is 2. The molecule has 0 aromatic rings. The molecule has 0 aliphatic heterocycles. The number of carbonyl (C=O) groups is 5. The lowest BCUT2D eigenvalue weighted by Crippen LogP contribution is -2.51. The van der Waals surface area contributed by atoms with Gasteiger partial charge in [0.25, 0.3) is 5.91 Å². The Hall–Kier alpha value is -2.44. The van der Waals surface area contributed by atoms with Gasteiger partial charge < -0.3 is 26.4 Å². The van der Waals surface area contributed by atoms with Crippen LogP contribution in [-0.4, -0.2) is 80.7 Å². The second kappa shape index (κ2) is 15.4. The first-order valence-corrected chi connectivity index (χ1v) is 10.5. The van der Waals surface area contributed by atoms with Crippen molar-refractivity contribution in [1.29, 1.82) is 0 Å². The number of hydrogen-bond acceptors (Lipinski definition) is 8. The van der Waals surface area contributed by atoms with Crippen LogP contribution in [0.3, 0.4) is 0 Å². The van der Waals surface area contributed by atoms with E-state index in [1.165, 1.54) is 0 Å². The summed E-state index contributed by atoms with van der Waals surface area (Å²) in [7, 11) is 0. The Labute approximate surface area is 186 Å². The van der Waals surface area contributed by atoms with Gasteiger partial charge in [-0.25, -0.2) is 0 Å². The Morgan fingerprint density at radius 1 is 1.16 bits per heavy atom. The topological polar surface area (TPSA) is 187 Å². The number of hydrogen-bond donors (Lipinski definition) is 6. The van der Waals surface area contributed by atoms with E-state index in [2.05, 4.69) is 17.9 Å². The van der Waals surface area contributed by atoms with Crippen LogP contribution < -0.4 is 11.1 Å². The summed E-state index contributed by atoms with van der Waals surface area (Å²) in [6.45, 7) is 1.11. The summed E-state index contributed by atoms with van der Waals surface area (Å²) < 4.78 is 0. The standard InChI is InChI=1S/C19H31N3O8S/c1-2-3-4-5-13(24)8-12(10-23)22(9-17(26)27)18(28)15(11-31)21-16(25)7-6-14(20)19(29)30/h8,10,13-15,24,31H,2-7,9,11,20H2,1H3,(H,21,25)(H,26,27)(H,29,30). The van der Waals surface area contributed by atoms with E-state index < -0.39 is 48.5 Å². The first kappa shape index (κ1) is 28.6. The van der Waals surface area contributed by atoms with Gasteiger partial charge in [-0.2, -0.15) is 12.6 Å². The summed E-state index contributed by atoms with van der Waals surface area (Å²) in [4.78, 5) is 59.0. The molecular formula is C19H31N3O8S. The lowest BCUT2D eigenvalue weighted by molar-refractivity contribution is -0.144. The second-order valence-electron chi connectivity index (χ2n) is 6.88. The molecular weight excluding hydrogens is 430 g/mol. The van der Waals surface area contributed by atoms with Crippen molar-refractivity contribution in [3.8, 4) is 0 Å². The number of carboxylic acid groups (broad SMARTS) is 2. The van der Waals surface area contributed by atoms with Crippen molar-refractivity contribution in [2.75, 3.05) is 12.3 Å². The molecule has 3 atom stereocenters. The maximum absolute atomic E-state index is 12.8. The average Bonchev–Trinajstić information content (AvgIpc) is 2.71. The first-order chi connectivity index (χ1) is 14.6. The molecule has 0 aromatic carbocycles. The highest BCUT2D eigenvalue weighted by molar-refractivity contribution is 7.80. The van der Waals surface area contributed by atoms with Gasteiger partial charge in [0.15, 0.2) is 6.29 Å². The van der Waals surface area contributed by atoms with Crippen molar-refractivity contribution >= 4 is 42.7 Å². The highest BCUT2D eigenvalue weighted by Crippen LogP contribution is 2.11. The number of nitrogens with one attached hydrogen (secondary N) is 1. The van der Waals surface area contributed by atoms with Crippen LogP contribution in [0.25, 0.3) is 0 Å². The van der Waals surface area contributed by atoms with Gasteiger partial charge in [0.2, 0.25) is 5.91 Å². The number of nitrogens with zero attached hydrogens (tertiary/aromatic N) is 1. The molecule has 0 aromatic heterocycles. The summed E-state index contributed by atoms with van der Waals surface area (Å²) in [5, 5.41) is 30.3. The van der Waals surface area contributed by atoms with E-state index in [9.17, 15) is 29.1 Å². The Balaban J connectivity index is 5.40. The van der Waals surface area contributed by atoms with Gasteiger partial charge in [-0.1, -0.05) is 26.2 Å². The number of carboxylic acids is 2. The number of thiol groups is 1. The number of carbonyl (C=O) groups excluding carboxylic acids is 3. The zero-order chi connectivity index (χ0) is 24.0. The smallest absolute Gasteiger partial charge is 0.323 e. The third-order valence-electron chi connectivity index (χ3n) is 4.27. The van der Waals surface area contributed by atoms with E-state index in [0.29, 0.717) is 17.7 Å². The molecule has 12 heteroatoms. The molecule has 3 unspecified atom stereocenters. The van der Waals surface area contributed by atoms with Gasteiger partial charge in [-0.05, 0) is 18.9 Å². The van der Waals surface area contributed by atoms with Crippen molar-refractivity contribution in [2.24, 2.45) is 5.73 Å². The fourth-order valence-electron chi connectivity index (χ4n) is 2.56. The number of aliphatic hydroxyl groups excluding tert-OH is 1. The molecule has 0 heterocycles. The maximum Gasteiger partial charge on any atom is 0.323 e. The van der Waals surface area contributed by atoms with Crippen LogP contribution in [0.5, 0.6) is 0 Å². The first-order valence-electron chi connectivity index (χ1n) is 9.84. The van der Waals surface area contributed by atoms with Gasteiger partial charge in [0, 0.05) is 12.2 Å². The molecule has 6 N–H and O–H groups in total. The van der Waals surface area contributed by atoms with Gasteiger partial charge in [-0.15, -0.1) is 0 Å². The van der Waals surface area contributed by atoms with E-state index in [1.807, 2.05) is 6.92 Å². The predicted molar refractivity (Wildman–Crippen MR) is 114 cm³/mol. The minimum atomic E-state index is -1.40. The summed E-state index contributed by atoms with van der Waals surface area (Å²) >= 11 is 3.99. The molecule has 0 bridgehead atoms. The molecule has 31 heavy (non-hydrogen) atoms. The summed E-state index contributed by atoms with van der Waals surface area (Å²) in [5.41, 5.74) is 4.99. The molecule has 0 saturated carbocycles. The molecule has 0 fully saturated rings. The minimum absolute atomic E-state index is 0.170. The van der Waals surface area contributed by atoms with Gasteiger partial charge >= 0.3 is 11.9 Å². The highest BCUT2D eigenvalue weighted by Gasteiger charge is 2.29. The van der Waals surface area contributed by atoms with E-state index in [1.54, 1.807) is 0 Å². The lowest BCUT2D eigenvalue weighted by Gasteiger charge is -2.26. The third-order valence-corrected chi connectivity index (χ3v) is 4.64. The number of unbranched alkanes of at least 4 members (excludes halogenated alkanes) is 2. The molecule has 0 aliphatic carbocycles. The molecule has 0 radical (unpaired) electrons. The molecule has 0 rings (SSSR count). The zero-order valence-electron chi connectivity index (χ0n) is 17.4. The van der Waals surface area contributed by atoms with Crippen molar-refractivity contribution in [2.45, 2.75) is 63.6 Å². The zero-order valence-corrected chi connectivity index (χ0v) is 18.3. The maximum atomic E-state index is 12.8. The number of aldehydes is 1. The number of nitrogens with two attached hydrogens (primary N) is 1. The van der Waals surface area contributed by atoms with E-state index >= 15 is 0 Å². The van der Waals surface area contributed by atoms with Crippen molar-refractivity contribution in [1.82, 2.24) is 10.2 Å². The van der Waals surface area contributed by atoms with Gasteiger partial charge in [0.05, 0.1) is 11.8 Å².